The Bertz CT molecular complexity index is 273. The second kappa shape index (κ2) is 5.64. The standard InChI is InChI=1S/C12H21NOS/c1-4-12(3,6-7-14)13-10(2)11-5-8-15-9-11/h5,8-10,13-14H,4,6-7H2,1-3H3. The molecule has 0 amide bonds. The second-order valence-corrected chi connectivity index (χ2v) is 5.09. The molecular formula is C12H21NOS. The van der Waals surface area contributed by atoms with E-state index in [4.69, 9.17) is 5.11 Å². The summed E-state index contributed by atoms with van der Waals surface area (Å²) >= 11 is 1.73. The number of aliphatic hydroxyl groups excluding tert-OH is 1. The van der Waals surface area contributed by atoms with Crippen LogP contribution >= 0.6 is 11.3 Å². The Kier molecular flexibility index (Phi) is 4.77. The summed E-state index contributed by atoms with van der Waals surface area (Å²) < 4.78 is 0. The molecule has 1 aromatic rings. The van der Waals surface area contributed by atoms with Gasteiger partial charge in [-0.2, -0.15) is 11.3 Å². The Morgan fingerprint density at radius 3 is 2.80 bits per heavy atom. The number of hydrogen-bond acceptors (Lipinski definition) is 3. The van der Waals surface area contributed by atoms with Crippen LogP contribution in [0.1, 0.15) is 45.2 Å². The highest BCUT2D eigenvalue weighted by atomic mass is 32.1. The predicted molar refractivity (Wildman–Crippen MR) is 66.3 cm³/mol. The fourth-order valence-corrected chi connectivity index (χ4v) is 2.48. The van der Waals surface area contributed by atoms with E-state index in [0.717, 1.165) is 12.8 Å². The van der Waals surface area contributed by atoms with E-state index in [9.17, 15) is 0 Å². The molecule has 0 saturated carbocycles. The van der Waals surface area contributed by atoms with Gasteiger partial charge in [0.2, 0.25) is 0 Å². The first-order valence-corrected chi connectivity index (χ1v) is 6.46. The monoisotopic (exact) mass is 227 g/mol. The summed E-state index contributed by atoms with van der Waals surface area (Å²) in [5, 5.41) is 16.9. The quantitative estimate of drug-likeness (QED) is 0.783. The topological polar surface area (TPSA) is 32.3 Å². The number of nitrogens with one attached hydrogen (secondary N) is 1. The van der Waals surface area contributed by atoms with Crippen LogP contribution in [0.25, 0.3) is 0 Å². The van der Waals surface area contributed by atoms with Crippen molar-refractivity contribution in [3.05, 3.63) is 22.4 Å². The Morgan fingerprint density at radius 1 is 1.60 bits per heavy atom. The molecule has 1 heterocycles. The third kappa shape index (κ3) is 3.59. The van der Waals surface area contributed by atoms with Crippen molar-refractivity contribution in [1.29, 1.82) is 0 Å². The van der Waals surface area contributed by atoms with Crippen molar-refractivity contribution in [2.45, 2.75) is 45.2 Å². The van der Waals surface area contributed by atoms with Crippen LogP contribution in [0.3, 0.4) is 0 Å². The van der Waals surface area contributed by atoms with Gasteiger partial charge in [-0.15, -0.1) is 0 Å². The minimum atomic E-state index is 0.0378. The smallest absolute Gasteiger partial charge is 0.0448 e. The largest absolute Gasteiger partial charge is 0.396 e. The van der Waals surface area contributed by atoms with Gasteiger partial charge in [0.05, 0.1) is 0 Å². The van der Waals surface area contributed by atoms with Crippen molar-refractivity contribution in [1.82, 2.24) is 5.32 Å². The first-order chi connectivity index (χ1) is 7.11. The van der Waals surface area contributed by atoms with Gasteiger partial charge in [-0.3, -0.25) is 0 Å². The van der Waals surface area contributed by atoms with Crippen LogP contribution in [0, 0.1) is 0 Å². The first-order valence-electron chi connectivity index (χ1n) is 5.52. The highest BCUT2D eigenvalue weighted by molar-refractivity contribution is 7.07. The third-order valence-electron chi connectivity index (χ3n) is 3.05. The molecule has 0 aromatic carbocycles. The molecule has 0 aliphatic carbocycles. The molecule has 0 aliphatic heterocycles. The minimum Gasteiger partial charge on any atom is -0.396 e. The first kappa shape index (κ1) is 12.7. The van der Waals surface area contributed by atoms with Crippen molar-refractivity contribution in [3.63, 3.8) is 0 Å². The lowest BCUT2D eigenvalue weighted by molar-refractivity contribution is 0.205. The Balaban J connectivity index is 2.59. The van der Waals surface area contributed by atoms with Crippen LogP contribution in [0.5, 0.6) is 0 Å². The molecule has 1 rings (SSSR count). The van der Waals surface area contributed by atoms with E-state index in [1.54, 1.807) is 11.3 Å². The minimum absolute atomic E-state index is 0.0378. The van der Waals surface area contributed by atoms with Crippen molar-refractivity contribution >= 4 is 11.3 Å². The van der Waals surface area contributed by atoms with E-state index < -0.39 is 0 Å². The van der Waals surface area contributed by atoms with Crippen LogP contribution in [-0.2, 0) is 0 Å². The van der Waals surface area contributed by atoms with Crippen LogP contribution in [0.4, 0.5) is 0 Å². The maximum atomic E-state index is 9.04. The van der Waals surface area contributed by atoms with Crippen LogP contribution in [-0.4, -0.2) is 17.3 Å². The fourth-order valence-electron chi connectivity index (χ4n) is 1.73. The third-order valence-corrected chi connectivity index (χ3v) is 3.75. The molecule has 2 atom stereocenters. The average molecular weight is 227 g/mol. The van der Waals surface area contributed by atoms with Gasteiger partial charge >= 0.3 is 0 Å². The lowest BCUT2D eigenvalue weighted by Crippen LogP contribution is -2.43. The molecule has 0 spiro atoms. The van der Waals surface area contributed by atoms with Crippen LogP contribution < -0.4 is 5.32 Å². The molecule has 0 fully saturated rings. The number of rotatable bonds is 6. The number of thiophene rings is 1. The summed E-state index contributed by atoms with van der Waals surface area (Å²) in [6.45, 7) is 6.75. The summed E-state index contributed by atoms with van der Waals surface area (Å²) in [5.41, 5.74) is 1.37. The molecule has 86 valence electrons. The molecular weight excluding hydrogens is 206 g/mol. The summed E-state index contributed by atoms with van der Waals surface area (Å²) in [5.74, 6) is 0. The van der Waals surface area contributed by atoms with E-state index in [1.807, 2.05) is 0 Å². The lowest BCUT2D eigenvalue weighted by Gasteiger charge is -2.32. The average Bonchev–Trinajstić information content (AvgIpc) is 2.71. The summed E-state index contributed by atoms with van der Waals surface area (Å²) in [6.07, 6.45) is 1.83. The summed E-state index contributed by atoms with van der Waals surface area (Å²) in [4.78, 5) is 0. The van der Waals surface area contributed by atoms with Gasteiger partial charge in [-0.05, 0) is 49.1 Å². The molecule has 3 heteroatoms. The van der Waals surface area contributed by atoms with Gasteiger partial charge in [0, 0.05) is 18.2 Å². The van der Waals surface area contributed by atoms with Gasteiger partial charge in [0.1, 0.15) is 0 Å². The Labute approximate surface area is 96.3 Å². The van der Waals surface area contributed by atoms with E-state index in [-0.39, 0.29) is 12.1 Å². The maximum Gasteiger partial charge on any atom is 0.0448 e. The van der Waals surface area contributed by atoms with Gasteiger partial charge in [-0.1, -0.05) is 6.92 Å². The Morgan fingerprint density at radius 2 is 2.33 bits per heavy atom. The van der Waals surface area contributed by atoms with E-state index in [2.05, 4.69) is 42.9 Å². The molecule has 2 nitrogen and oxygen atoms in total. The zero-order valence-electron chi connectivity index (χ0n) is 9.79. The van der Waals surface area contributed by atoms with Gasteiger partial charge in [-0.25, -0.2) is 0 Å². The zero-order valence-corrected chi connectivity index (χ0v) is 10.6. The molecule has 2 N–H and O–H groups in total. The molecule has 1 aromatic heterocycles. The van der Waals surface area contributed by atoms with Crippen LogP contribution in [0.2, 0.25) is 0 Å². The Hall–Kier alpha value is -0.380. The highest BCUT2D eigenvalue weighted by Crippen LogP contribution is 2.22. The molecule has 15 heavy (non-hydrogen) atoms. The van der Waals surface area contributed by atoms with Crippen molar-refractivity contribution in [2.24, 2.45) is 0 Å². The molecule has 0 bridgehead atoms. The van der Waals surface area contributed by atoms with E-state index >= 15 is 0 Å². The van der Waals surface area contributed by atoms with Crippen molar-refractivity contribution in [3.8, 4) is 0 Å². The summed E-state index contributed by atoms with van der Waals surface area (Å²) in [6, 6.07) is 2.50. The van der Waals surface area contributed by atoms with Crippen molar-refractivity contribution in [2.75, 3.05) is 6.61 Å². The SMILES string of the molecule is CCC(C)(CCO)NC(C)c1ccsc1. The van der Waals surface area contributed by atoms with E-state index in [1.165, 1.54) is 5.56 Å². The van der Waals surface area contributed by atoms with Gasteiger partial charge < -0.3 is 10.4 Å². The van der Waals surface area contributed by atoms with Gasteiger partial charge in [0.25, 0.3) is 0 Å². The zero-order chi connectivity index (χ0) is 11.3. The molecule has 2 unspecified atom stereocenters. The van der Waals surface area contributed by atoms with Crippen LogP contribution in [0.15, 0.2) is 16.8 Å². The summed E-state index contributed by atoms with van der Waals surface area (Å²) in [7, 11) is 0. The van der Waals surface area contributed by atoms with Gasteiger partial charge in [0.15, 0.2) is 0 Å². The van der Waals surface area contributed by atoms with Crippen molar-refractivity contribution < 1.29 is 5.11 Å². The molecule has 0 radical (unpaired) electrons. The molecule has 0 aliphatic rings. The normalized spacial score (nSPS) is 17.3. The fraction of sp³-hybridized carbons (Fsp3) is 0.667. The lowest BCUT2D eigenvalue weighted by atomic mass is 9.93. The second-order valence-electron chi connectivity index (χ2n) is 4.31. The number of hydrogen-bond donors (Lipinski definition) is 2. The predicted octanol–water partition coefficient (Wildman–Crippen LogP) is 2.95. The number of aliphatic hydroxyl groups is 1. The highest BCUT2D eigenvalue weighted by Gasteiger charge is 2.23. The molecule has 0 saturated heterocycles. The van der Waals surface area contributed by atoms with E-state index in [0.29, 0.717) is 6.04 Å². The maximum absolute atomic E-state index is 9.04.